The van der Waals surface area contributed by atoms with Crippen molar-refractivity contribution in [1.82, 2.24) is 0 Å². The van der Waals surface area contributed by atoms with E-state index in [1.54, 1.807) is 0 Å². The molecule has 0 amide bonds. The van der Waals surface area contributed by atoms with Crippen LogP contribution in [-0.2, 0) is 0 Å². The van der Waals surface area contributed by atoms with Crippen LogP contribution in [0.1, 0.15) is 5.56 Å². The van der Waals surface area contributed by atoms with Crippen molar-refractivity contribution in [2.24, 2.45) is 0 Å². The van der Waals surface area contributed by atoms with E-state index in [2.05, 4.69) is 110 Å². The van der Waals surface area contributed by atoms with E-state index in [0.717, 1.165) is 0 Å². The zero-order valence-corrected chi connectivity index (χ0v) is 14.3. The Morgan fingerprint density at radius 2 is 0.800 bits per heavy atom. The summed E-state index contributed by atoms with van der Waals surface area (Å²) in [5, 5.41) is 0. The highest BCUT2D eigenvalue weighted by Gasteiger charge is 2.03. The van der Waals surface area contributed by atoms with Crippen molar-refractivity contribution in [3.63, 3.8) is 0 Å². The van der Waals surface area contributed by atoms with Gasteiger partial charge in [0, 0.05) is 0 Å². The second-order valence-corrected chi connectivity index (χ2v) is 6.39. The Morgan fingerprint density at radius 1 is 0.360 bits per heavy atom. The third-order valence-corrected chi connectivity index (χ3v) is 4.54. The lowest BCUT2D eigenvalue weighted by molar-refractivity contribution is 1.47. The molecular weight excluding hydrogens is 300 g/mol. The van der Waals surface area contributed by atoms with E-state index in [-0.39, 0.29) is 0 Å². The number of rotatable bonds is 3. The maximum absolute atomic E-state index is 2.27. The van der Waals surface area contributed by atoms with E-state index in [0.29, 0.717) is 0 Å². The van der Waals surface area contributed by atoms with Gasteiger partial charge in [-0.1, -0.05) is 103 Å². The van der Waals surface area contributed by atoms with E-state index in [9.17, 15) is 0 Å². The molecule has 0 aliphatic rings. The van der Waals surface area contributed by atoms with Crippen molar-refractivity contribution < 1.29 is 0 Å². The molecule has 0 unspecified atom stereocenters. The lowest BCUT2D eigenvalue weighted by Gasteiger charge is -2.08. The smallest absolute Gasteiger partial charge is 0.0178 e. The highest BCUT2D eigenvalue weighted by atomic mass is 14.1. The molecule has 25 heavy (non-hydrogen) atoms. The topological polar surface area (TPSA) is 0 Å². The minimum Gasteiger partial charge on any atom is -0.0622 e. The van der Waals surface area contributed by atoms with E-state index < -0.39 is 0 Å². The van der Waals surface area contributed by atoms with Crippen LogP contribution in [0, 0.1) is 6.92 Å². The van der Waals surface area contributed by atoms with Crippen LogP contribution in [0.2, 0.25) is 0 Å². The largest absolute Gasteiger partial charge is 0.0622 e. The fraction of sp³-hybridized carbons (Fsp3) is 0.0400. The van der Waals surface area contributed by atoms with Gasteiger partial charge in [0.1, 0.15) is 0 Å². The monoisotopic (exact) mass is 320 g/mol. The quantitative estimate of drug-likeness (QED) is 0.381. The fourth-order valence-corrected chi connectivity index (χ4v) is 3.19. The molecule has 0 saturated heterocycles. The Kier molecular flexibility index (Phi) is 4.18. The van der Waals surface area contributed by atoms with Gasteiger partial charge in [0.15, 0.2) is 0 Å². The van der Waals surface area contributed by atoms with Crippen LogP contribution in [0.5, 0.6) is 0 Å². The fourth-order valence-electron chi connectivity index (χ4n) is 3.19. The molecule has 0 aliphatic heterocycles. The number of hydrogen-bond donors (Lipinski definition) is 0. The van der Waals surface area contributed by atoms with E-state index >= 15 is 0 Å². The van der Waals surface area contributed by atoms with Crippen molar-refractivity contribution in [3.8, 4) is 33.4 Å². The first-order valence-electron chi connectivity index (χ1n) is 8.62. The van der Waals surface area contributed by atoms with Gasteiger partial charge in [-0.2, -0.15) is 0 Å². The number of hydrogen-bond acceptors (Lipinski definition) is 0. The summed E-state index contributed by atoms with van der Waals surface area (Å²) in [4.78, 5) is 0. The van der Waals surface area contributed by atoms with Crippen molar-refractivity contribution in [2.45, 2.75) is 6.92 Å². The van der Waals surface area contributed by atoms with Gasteiger partial charge in [-0.3, -0.25) is 0 Å². The SMILES string of the molecule is Cc1cccc(-c2cccc(-c3ccc(-c4ccccc4)cc3)c2)c1. The predicted octanol–water partition coefficient (Wildman–Crippen LogP) is 7.00. The van der Waals surface area contributed by atoms with E-state index in [1.807, 2.05) is 0 Å². The average Bonchev–Trinajstić information content (AvgIpc) is 2.69. The molecule has 0 radical (unpaired) electrons. The van der Waals surface area contributed by atoms with Gasteiger partial charge in [-0.25, -0.2) is 0 Å². The van der Waals surface area contributed by atoms with Gasteiger partial charge in [0.25, 0.3) is 0 Å². The highest BCUT2D eigenvalue weighted by Crippen LogP contribution is 2.28. The van der Waals surface area contributed by atoms with Gasteiger partial charge >= 0.3 is 0 Å². The Morgan fingerprint density at radius 3 is 1.44 bits per heavy atom. The number of aryl methyl sites for hydroxylation is 1. The Hall–Kier alpha value is -3.12. The summed E-state index contributed by atoms with van der Waals surface area (Å²) in [7, 11) is 0. The zero-order valence-electron chi connectivity index (χ0n) is 14.3. The molecule has 0 saturated carbocycles. The maximum atomic E-state index is 2.27. The molecule has 0 aliphatic carbocycles. The first kappa shape index (κ1) is 15.4. The molecule has 0 heterocycles. The average molecular weight is 320 g/mol. The van der Waals surface area contributed by atoms with Crippen LogP contribution in [0.25, 0.3) is 33.4 Å². The van der Waals surface area contributed by atoms with Crippen LogP contribution in [0.4, 0.5) is 0 Å². The highest BCUT2D eigenvalue weighted by molar-refractivity contribution is 5.75. The third-order valence-electron chi connectivity index (χ3n) is 4.54. The molecule has 0 N–H and O–H groups in total. The van der Waals surface area contributed by atoms with Crippen molar-refractivity contribution in [3.05, 3.63) is 109 Å². The molecule has 4 aromatic carbocycles. The first-order chi connectivity index (χ1) is 12.3. The molecule has 0 spiro atoms. The summed E-state index contributed by atoms with van der Waals surface area (Å²) in [6, 6.07) is 36.7. The Labute approximate surface area is 149 Å². The second-order valence-electron chi connectivity index (χ2n) is 6.39. The summed E-state index contributed by atoms with van der Waals surface area (Å²) in [6.07, 6.45) is 0. The van der Waals surface area contributed by atoms with Crippen molar-refractivity contribution >= 4 is 0 Å². The second kappa shape index (κ2) is 6.78. The van der Waals surface area contributed by atoms with Crippen molar-refractivity contribution in [2.75, 3.05) is 0 Å². The van der Waals surface area contributed by atoms with Gasteiger partial charge < -0.3 is 0 Å². The lowest BCUT2D eigenvalue weighted by Crippen LogP contribution is -1.83. The Bertz CT molecular complexity index is 980. The van der Waals surface area contributed by atoms with Gasteiger partial charge in [0.05, 0.1) is 0 Å². The minimum absolute atomic E-state index is 1.24. The summed E-state index contributed by atoms with van der Waals surface area (Å²) in [6.45, 7) is 2.13. The van der Waals surface area contributed by atoms with Gasteiger partial charge in [-0.15, -0.1) is 0 Å². The molecule has 0 heteroatoms. The normalized spacial score (nSPS) is 10.6. The predicted molar refractivity (Wildman–Crippen MR) is 107 cm³/mol. The molecular formula is C25H20. The molecule has 0 bridgehead atoms. The molecule has 4 aromatic rings. The molecule has 0 fully saturated rings. The van der Waals surface area contributed by atoms with Gasteiger partial charge in [-0.05, 0) is 46.4 Å². The van der Waals surface area contributed by atoms with Crippen LogP contribution < -0.4 is 0 Å². The van der Waals surface area contributed by atoms with E-state index in [1.165, 1.54) is 38.9 Å². The van der Waals surface area contributed by atoms with Gasteiger partial charge in [0.2, 0.25) is 0 Å². The first-order valence-corrected chi connectivity index (χ1v) is 8.62. The summed E-state index contributed by atoms with van der Waals surface area (Å²) in [5.74, 6) is 0. The van der Waals surface area contributed by atoms with E-state index in [4.69, 9.17) is 0 Å². The van der Waals surface area contributed by atoms with Crippen LogP contribution >= 0.6 is 0 Å². The third kappa shape index (κ3) is 3.39. The molecule has 120 valence electrons. The molecule has 0 aromatic heterocycles. The van der Waals surface area contributed by atoms with Crippen LogP contribution in [0.3, 0.4) is 0 Å². The maximum Gasteiger partial charge on any atom is -0.0178 e. The molecule has 0 nitrogen and oxygen atoms in total. The lowest BCUT2D eigenvalue weighted by atomic mass is 9.96. The Balaban J connectivity index is 1.67. The van der Waals surface area contributed by atoms with Crippen LogP contribution in [0.15, 0.2) is 103 Å². The molecule has 0 atom stereocenters. The summed E-state index contributed by atoms with van der Waals surface area (Å²) >= 11 is 0. The summed E-state index contributed by atoms with van der Waals surface area (Å²) in [5.41, 5.74) is 8.81. The standard InChI is InChI=1S/C25H20/c1-19-7-5-10-23(17-19)25-12-6-11-24(18-25)22-15-13-21(14-16-22)20-8-3-2-4-9-20/h2-18H,1H3. The molecule has 4 rings (SSSR count). The zero-order chi connectivity index (χ0) is 17.1. The number of benzene rings is 4. The van der Waals surface area contributed by atoms with Crippen LogP contribution in [-0.4, -0.2) is 0 Å². The minimum atomic E-state index is 1.24. The van der Waals surface area contributed by atoms with Crippen molar-refractivity contribution in [1.29, 1.82) is 0 Å². The summed E-state index contributed by atoms with van der Waals surface area (Å²) < 4.78 is 0.